The molecule has 148 valence electrons. The number of hydrogen-bond acceptors (Lipinski definition) is 4. The van der Waals surface area contributed by atoms with Crippen molar-refractivity contribution in [2.24, 2.45) is 0 Å². The molecule has 5 nitrogen and oxygen atoms in total. The van der Waals surface area contributed by atoms with Gasteiger partial charge in [-0.3, -0.25) is 9.69 Å². The third kappa shape index (κ3) is 4.76. The van der Waals surface area contributed by atoms with Crippen molar-refractivity contribution >= 4 is 17.3 Å². The predicted molar refractivity (Wildman–Crippen MR) is 117 cm³/mol. The number of carbonyl (C=O) groups excluding carboxylic acids is 1. The second-order valence-corrected chi connectivity index (χ2v) is 7.24. The molecule has 1 fully saturated rings. The van der Waals surface area contributed by atoms with E-state index < -0.39 is 0 Å². The number of nitrogens with one attached hydrogen (secondary N) is 1. The van der Waals surface area contributed by atoms with Crippen molar-refractivity contribution in [1.29, 1.82) is 0 Å². The normalized spacial score (nSPS) is 14.6. The first-order valence-corrected chi connectivity index (χ1v) is 9.90. The SMILES string of the molecule is O=C(CN1CCN(c2ccccc2O)CC1)Nc1ccc(-c2ccccc2)cc1. The molecule has 0 radical (unpaired) electrons. The van der Waals surface area contributed by atoms with Gasteiger partial charge in [0.15, 0.2) is 0 Å². The molecule has 0 atom stereocenters. The maximum absolute atomic E-state index is 12.4. The lowest BCUT2D eigenvalue weighted by Crippen LogP contribution is -2.48. The van der Waals surface area contributed by atoms with Crippen molar-refractivity contribution in [3.63, 3.8) is 0 Å². The Morgan fingerprint density at radius 1 is 0.793 bits per heavy atom. The van der Waals surface area contributed by atoms with Crippen LogP contribution in [-0.2, 0) is 4.79 Å². The number of phenolic OH excluding ortho intramolecular Hbond substituents is 1. The van der Waals surface area contributed by atoms with E-state index in [0.717, 1.165) is 48.7 Å². The first-order valence-electron chi connectivity index (χ1n) is 9.90. The Labute approximate surface area is 171 Å². The summed E-state index contributed by atoms with van der Waals surface area (Å²) in [5.41, 5.74) is 3.95. The quantitative estimate of drug-likeness (QED) is 0.699. The summed E-state index contributed by atoms with van der Waals surface area (Å²) < 4.78 is 0. The summed E-state index contributed by atoms with van der Waals surface area (Å²) in [5.74, 6) is 0.297. The smallest absolute Gasteiger partial charge is 0.238 e. The molecule has 1 aliphatic heterocycles. The number of piperazine rings is 1. The van der Waals surface area contributed by atoms with Gasteiger partial charge in [0.25, 0.3) is 0 Å². The Morgan fingerprint density at radius 2 is 1.41 bits per heavy atom. The summed E-state index contributed by atoms with van der Waals surface area (Å²) >= 11 is 0. The molecule has 0 unspecified atom stereocenters. The zero-order valence-corrected chi connectivity index (χ0v) is 16.3. The molecular weight excluding hydrogens is 362 g/mol. The second-order valence-electron chi connectivity index (χ2n) is 7.24. The number of benzene rings is 3. The molecule has 29 heavy (non-hydrogen) atoms. The highest BCUT2D eigenvalue weighted by molar-refractivity contribution is 5.92. The standard InChI is InChI=1S/C24H25N3O2/c28-23-9-5-4-8-22(23)27-16-14-26(15-17-27)18-24(29)25-21-12-10-20(11-13-21)19-6-2-1-3-7-19/h1-13,28H,14-18H2,(H,25,29). The number of rotatable bonds is 5. The Balaban J connectivity index is 1.28. The van der Waals surface area contributed by atoms with Crippen LogP contribution in [0, 0.1) is 0 Å². The van der Waals surface area contributed by atoms with Crippen LogP contribution in [-0.4, -0.2) is 48.6 Å². The van der Waals surface area contributed by atoms with Crippen LogP contribution in [0.2, 0.25) is 0 Å². The van der Waals surface area contributed by atoms with Crippen molar-refractivity contribution in [2.75, 3.05) is 42.9 Å². The number of anilines is 2. The molecule has 3 aromatic carbocycles. The van der Waals surface area contributed by atoms with Gasteiger partial charge >= 0.3 is 0 Å². The van der Waals surface area contributed by atoms with Crippen LogP contribution in [0.1, 0.15) is 0 Å². The molecule has 0 spiro atoms. The lowest BCUT2D eigenvalue weighted by molar-refractivity contribution is -0.117. The lowest BCUT2D eigenvalue weighted by atomic mass is 10.1. The van der Waals surface area contributed by atoms with Crippen molar-refractivity contribution < 1.29 is 9.90 Å². The van der Waals surface area contributed by atoms with E-state index in [2.05, 4.69) is 27.2 Å². The topological polar surface area (TPSA) is 55.8 Å². The van der Waals surface area contributed by atoms with E-state index in [1.165, 1.54) is 0 Å². The van der Waals surface area contributed by atoms with Crippen LogP contribution in [0.5, 0.6) is 5.75 Å². The van der Waals surface area contributed by atoms with Crippen LogP contribution in [0.4, 0.5) is 11.4 Å². The number of carbonyl (C=O) groups is 1. The van der Waals surface area contributed by atoms with Gasteiger partial charge in [-0.05, 0) is 35.4 Å². The van der Waals surface area contributed by atoms with E-state index in [4.69, 9.17) is 0 Å². The number of nitrogens with zero attached hydrogens (tertiary/aromatic N) is 2. The highest BCUT2D eigenvalue weighted by atomic mass is 16.3. The van der Waals surface area contributed by atoms with Crippen LogP contribution < -0.4 is 10.2 Å². The van der Waals surface area contributed by atoms with E-state index in [1.54, 1.807) is 6.07 Å². The number of phenols is 1. The fourth-order valence-electron chi connectivity index (χ4n) is 3.66. The maximum Gasteiger partial charge on any atom is 0.238 e. The van der Waals surface area contributed by atoms with Crippen LogP contribution in [0.25, 0.3) is 11.1 Å². The Morgan fingerprint density at radius 3 is 2.10 bits per heavy atom. The van der Waals surface area contributed by atoms with Gasteiger partial charge in [-0.15, -0.1) is 0 Å². The van der Waals surface area contributed by atoms with Gasteiger partial charge in [0.05, 0.1) is 12.2 Å². The fraction of sp³-hybridized carbons (Fsp3) is 0.208. The molecule has 1 saturated heterocycles. The summed E-state index contributed by atoms with van der Waals surface area (Å²) in [7, 11) is 0. The molecule has 0 saturated carbocycles. The van der Waals surface area contributed by atoms with E-state index in [1.807, 2.05) is 60.7 Å². The van der Waals surface area contributed by atoms with E-state index in [9.17, 15) is 9.90 Å². The minimum Gasteiger partial charge on any atom is -0.506 e. The van der Waals surface area contributed by atoms with Crippen molar-refractivity contribution in [3.8, 4) is 16.9 Å². The Kier molecular flexibility index (Phi) is 5.77. The summed E-state index contributed by atoms with van der Waals surface area (Å²) in [5, 5.41) is 13.0. The Bertz CT molecular complexity index is 949. The minimum atomic E-state index is -0.00605. The molecule has 0 bridgehead atoms. The molecule has 2 N–H and O–H groups in total. The van der Waals surface area contributed by atoms with Gasteiger partial charge in [0.2, 0.25) is 5.91 Å². The molecular formula is C24H25N3O2. The Hall–Kier alpha value is -3.31. The second kappa shape index (κ2) is 8.80. The minimum absolute atomic E-state index is 0.00605. The molecule has 0 aromatic heterocycles. The highest BCUT2D eigenvalue weighted by Crippen LogP contribution is 2.27. The third-order valence-corrected chi connectivity index (χ3v) is 5.24. The first kappa shape index (κ1) is 19.0. The van der Waals surface area contributed by atoms with E-state index in [0.29, 0.717) is 12.3 Å². The van der Waals surface area contributed by atoms with E-state index in [-0.39, 0.29) is 5.91 Å². The average molecular weight is 387 g/mol. The van der Waals surface area contributed by atoms with Gasteiger partial charge in [0, 0.05) is 31.9 Å². The zero-order valence-electron chi connectivity index (χ0n) is 16.3. The molecule has 4 rings (SSSR count). The molecule has 0 aliphatic carbocycles. The number of aromatic hydroxyl groups is 1. The zero-order chi connectivity index (χ0) is 20.1. The first-order chi connectivity index (χ1) is 14.2. The summed E-state index contributed by atoms with van der Waals surface area (Å²) in [6, 6.07) is 25.5. The van der Waals surface area contributed by atoms with E-state index >= 15 is 0 Å². The molecule has 1 heterocycles. The maximum atomic E-state index is 12.4. The molecule has 1 aliphatic rings. The summed E-state index contributed by atoms with van der Waals surface area (Å²) in [4.78, 5) is 16.7. The van der Waals surface area contributed by atoms with Gasteiger partial charge in [0.1, 0.15) is 5.75 Å². The van der Waals surface area contributed by atoms with Gasteiger partial charge in [-0.25, -0.2) is 0 Å². The number of para-hydroxylation sites is 2. The van der Waals surface area contributed by atoms with Gasteiger partial charge in [-0.2, -0.15) is 0 Å². The third-order valence-electron chi connectivity index (χ3n) is 5.24. The number of amides is 1. The summed E-state index contributed by atoms with van der Waals surface area (Å²) in [6.07, 6.45) is 0. The van der Waals surface area contributed by atoms with Crippen molar-refractivity contribution in [2.45, 2.75) is 0 Å². The van der Waals surface area contributed by atoms with Gasteiger partial charge in [-0.1, -0.05) is 54.6 Å². The van der Waals surface area contributed by atoms with Crippen LogP contribution >= 0.6 is 0 Å². The summed E-state index contributed by atoms with van der Waals surface area (Å²) in [6.45, 7) is 3.52. The fourth-order valence-corrected chi connectivity index (χ4v) is 3.66. The molecule has 3 aromatic rings. The van der Waals surface area contributed by atoms with Crippen LogP contribution in [0.15, 0.2) is 78.9 Å². The molecule has 5 heteroatoms. The highest BCUT2D eigenvalue weighted by Gasteiger charge is 2.20. The van der Waals surface area contributed by atoms with Crippen LogP contribution in [0.3, 0.4) is 0 Å². The monoisotopic (exact) mass is 387 g/mol. The largest absolute Gasteiger partial charge is 0.506 e. The van der Waals surface area contributed by atoms with Gasteiger partial charge < -0.3 is 15.3 Å². The molecule has 1 amide bonds. The van der Waals surface area contributed by atoms with Crippen molar-refractivity contribution in [3.05, 3.63) is 78.9 Å². The average Bonchev–Trinajstić information content (AvgIpc) is 2.76. The lowest BCUT2D eigenvalue weighted by Gasteiger charge is -2.35. The van der Waals surface area contributed by atoms with Crippen molar-refractivity contribution in [1.82, 2.24) is 4.90 Å². The predicted octanol–water partition coefficient (Wildman–Crippen LogP) is 3.82. The number of hydrogen-bond donors (Lipinski definition) is 2.